The van der Waals surface area contributed by atoms with Gasteiger partial charge in [-0.3, -0.25) is 0 Å². The Morgan fingerprint density at radius 3 is 1.86 bits per heavy atom. The summed E-state index contributed by atoms with van der Waals surface area (Å²) < 4.78 is 33.1. The Bertz CT molecular complexity index is 51.4. The Labute approximate surface area is 49.1 Å². The van der Waals surface area contributed by atoms with Crippen LogP contribution >= 0.6 is 10.2 Å². The summed E-state index contributed by atoms with van der Waals surface area (Å²) in [5.41, 5.74) is -4.01. The predicted octanol–water partition coefficient (Wildman–Crippen LogP) is 1.91. The van der Waals surface area contributed by atoms with Gasteiger partial charge in [0.15, 0.2) is 0 Å². The normalized spacial score (nSPS) is 12.0. The molecule has 0 nitrogen and oxygen atoms in total. The standard InChI is InChI=1S/C2H3F3SSe/c1-7-6-2(3,4)5/h1H3. The van der Waals surface area contributed by atoms with Gasteiger partial charge in [0, 0.05) is 0 Å². The number of hydrogen-bond acceptors (Lipinski definition) is 1. The predicted molar refractivity (Wildman–Crippen MR) is 25.3 cm³/mol. The molecule has 0 radical (unpaired) electrons. The molecule has 5 heteroatoms. The molecule has 0 aliphatic carbocycles. The van der Waals surface area contributed by atoms with Crippen molar-refractivity contribution in [1.82, 2.24) is 0 Å². The van der Waals surface area contributed by atoms with Gasteiger partial charge in [0.1, 0.15) is 0 Å². The first-order valence-electron chi connectivity index (χ1n) is 1.35. The number of alkyl halides is 3. The van der Waals surface area contributed by atoms with Gasteiger partial charge >= 0.3 is 48.5 Å². The van der Waals surface area contributed by atoms with E-state index in [0.29, 0.717) is 0 Å². The van der Waals surface area contributed by atoms with E-state index in [0.717, 1.165) is 0 Å². The maximum absolute atomic E-state index is 11.0. The van der Waals surface area contributed by atoms with E-state index in [9.17, 15) is 13.2 Å². The van der Waals surface area contributed by atoms with Crippen LogP contribution in [0.25, 0.3) is 0 Å². The monoisotopic (exact) mass is 196 g/mol. The van der Waals surface area contributed by atoms with Crippen molar-refractivity contribution >= 4 is 24.0 Å². The summed E-state index contributed by atoms with van der Waals surface area (Å²) in [6.07, 6.45) is 0. The summed E-state index contributed by atoms with van der Waals surface area (Å²) in [6.45, 7) is 0. The Kier molecular flexibility index (Phi) is 3.11. The number of hydrogen-bond donors (Lipinski definition) is 0. The molecule has 0 N–H and O–H groups in total. The van der Waals surface area contributed by atoms with Crippen LogP contribution in [0.1, 0.15) is 0 Å². The van der Waals surface area contributed by atoms with Crippen LogP contribution in [0.4, 0.5) is 13.2 Å². The molecule has 0 aromatic heterocycles. The van der Waals surface area contributed by atoms with E-state index in [4.69, 9.17) is 0 Å². The molecular weight excluding hydrogens is 192 g/mol. The van der Waals surface area contributed by atoms with Crippen LogP contribution in [0.3, 0.4) is 0 Å². The molecule has 0 unspecified atom stereocenters. The zero-order chi connectivity index (χ0) is 5.91. The van der Waals surface area contributed by atoms with Crippen LogP contribution in [-0.2, 0) is 0 Å². The van der Waals surface area contributed by atoms with Crippen molar-refractivity contribution in [1.29, 1.82) is 0 Å². The van der Waals surface area contributed by atoms with E-state index >= 15 is 0 Å². The summed E-state index contributed by atoms with van der Waals surface area (Å²) in [7, 11) is 0.0509. The van der Waals surface area contributed by atoms with Gasteiger partial charge in [0.25, 0.3) is 0 Å². The number of halogens is 3. The molecule has 7 heavy (non-hydrogen) atoms. The molecular formula is C2H3F3SSe. The molecule has 0 aromatic rings. The molecule has 0 fully saturated rings. The van der Waals surface area contributed by atoms with Crippen LogP contribution < -0.4 is 0 Å². The second-order valence-electron chi connectivity index (χ2n) is 0.696. The molecule has 0 saturated heterocycles. The van der Waals surface area contributed by atoms with Gasteiger partial charge < -0.3 is 0 Å². The summed E-state index contributed by atoms with van der Waals surface area (Å²) in [5, 5.41) is 0. The van der Waals surface area contributed by atoms with Gasteiger partial charge in [-0.2, -0.15) is 0 Å². The second-order valence-corrected chi connectivity index (χ2v) is 4.81. The summed E-state index contributed by atoms with van der Waals surface area (Å²) in [6, 6.07) is 0. The molecule has 0 aliphatic heterocycles. The molecule has 0 saturated carbocycles. The summed E-state index contributed by atoms with van der Waals surface area (Å²) >= 11 is -0.349. The molecule has 0 aromatic carbocycles. The van der Waals surface area contributed by atoms with E-state index in [1.54, 1.807) is 0 Å². The molecule has 0 rings (SSSR count). The van der Waals surface area contributed by atoms with Crippen LogP contribution in [-0.4, -0.2) is 19.3 Å². The van der Waals surface area contributed by atoms with Crippen molar-refractivity contribution in [2.45, 2.75) is 11.3 Å². The Balaban J connectivity index is 3.15. The van der Waals surface area contributed by atoms with Gasteiger partial charge in [-0.15, -0.1) is 0 Å². The van der Waals surface area contributed by atoms with Gasteiger partial charge in [-0.25, -0.2) is 0 Å². The minimum atomic E-state index is -4.01. The first kappa shape index (κ1) is 7.66. The van der Waals surface area contributed by atoms with E-state index in [1.807, 2.05) is 0 Å². The zero-order valence-corrected chi connectivity index (χ0v) is 5.98. The summed E-state index contributed by atoms with van der Waals surface area (Å²) in [4.78, 5) is 0. The van der Waals surface area contributed by atoms with Crippen molar-refractivity contribution in [2.75, 3.05) is 0 Å². The maximum atomic E-state index is 11.0. The third kappa shape index (κ3) is 6.66. The first-order valence-corrected chi connectivity index (χ1v) is 5.90. The van der Waals surface area contributed by atoms with E-state index < -0.39 is 5.51 Å². The van der Waals surface area contributed by atoms with Crippen LogP contribution in [0, 0.1) is 0 Å². The molecule has 0 spiro atoms. The van der Waals surface area contributed by atoms with Crippen molar-refractivity contribution in [3.8, 4) is 0 Å². The van der Waals surface area contributed by atoms with Gasteiger partial charge in [-0.05, 0) is 0 Å². The Hall–Kier alpha value is 0.659. The topological polar surface area (TPSA) is 0 Å². The van der Waals surface area contributed by atoms with E-state index in [2.05, 4.69) is 0 Å². The molecule has 0 amide bonds. The fourth-order valence-corrected chi connectivity index (χ4v) is 1.47. The first-order chi connectivity index (χ1) is 3.06. The molecule has 0 aliphatic rings. The van der Waals surface area contributed by atoms with Gasteiger partial charge in [-0.1, -0.05) is 0 Å². The Morgan fingerprint density at radius 1 is 1.43 bits per heavy atom. The quantitative estimate of drug-likeness (QED) is 0.576. The number of rotatable bonds is 1. The van der Waals surface area contributed by atoms with E-state index in [-0.39, 0.29) is 24.0 Å². The van der Waals surface area contributed by atoms with Crippen molar-refractivity contribution < 1.29 is 13.2 Å². The van der Waals surface area contributed by atoms with Gasteiger partial charge in [0.2, 0.25) is 0 Å². The van der Waals surface area contributed by atoms with Crippen molar-refractivity contribution in [2.24, 2.45) is 0 Å². The third-order valence-electron chi connectivity index (χ3n) is 0.178. The average molecular weight is 195 g/mol. The molecule has 0 heterocycles. The zero-order valence-electron chi connectivity index (χ0n) is 3.45. The van der Waals surface area contributed by atoms with Crippen molar-refractivity contribution in [3.63, 3.8) is 0 Å². The Morgan fingerprint density at radius 2 is 1.86 bits per heavy atom. The minimum absolute atomic E-state index is 0.0509. The second kappa shape index (κ2) is 2.84. The van der Waals surface area contributed by atoms with Crippen LogP contribution in [0.15, 0.2) is 0 Å². The van der Waals surface area contributed by atoms with Crippen LogP contribution in [0.5, 0.6) is 0 Å². The summed E-state index contributed by atoms with van der Waals surface area (Å²) in [5.74, 6) is 1.53. The SMILES string of the molecule is C[Se]SC(F)(F)F. The third-order valence-corrected chi connectivity index (χ3v) is 2.77. The van der Waals surface area contributed by atoms with Gasteiger partial charge in [0.05, 0.1) is 0 Å². The molecule has 0 atom stereocenters. The van der Waals surface area contributed by atoms with Crippen LogP contribution in [0.2, 0.25) is 5.82 Å². The average Bonchev–Trinajstić information content (AvgIpc) is 1.30. The molecule has 44 valence electrons. The fourth-order valence-electron chi connectivity index (χ4n) is 0.0945. The fraction of sp³-hybridized carbons (Fsp3) is 1.00. The van der Waals surface area contributed by atoms with Crippen molar-refractivity contribution in [3.05, 3.63) is 0 Å². The molecule has 0 bridgehead atoms. The van der Waals surface area contributed by atoms with E-state index in [1.165, 1.54) is 5.82 Å².